The van der Waals surface area contributed by atoms with Crippen LogP contribution in [0.25, 0.3) is 11.1 Å². The number of carbonyl (C=O) groups excluding carboxylic acids is 1. The molecule has 1 saturated carbocycles. The number of amides is 1. The van der Waals surface area contributed by atoms with E-state index in [-0.39, 0.29) is 31.1 Å². The van der Waals surface area contributed by atoms with E-state index in [0.29, 0.717) is 13.0 Å². The summed E-state index contributed by atoms with van der Waals surface area (Å²) in [6.07, 6.45) is 3.10. The van der Waals surface area contributed by atoms with Gasteiger partial charge in [-0.1, -0.05) is 61.4 Å². The number of likely N-dealkylation sites (tertiary alicyclic amines) is 1. The average molecular weight is 391 g/mol. The largest absolute Gasteiger partial charge is 0.481 e. The Hall–Kier alpha value is -2.82. The summed E-state index contributed by atoms with van der Waals surface area (Å²) in [5.74, 6) is -0.713. The molecule has 0 unspecified atom stereocenters. The van der Waals surface area contributed by atoms with Crippen molar-refractivity contribution in [1.82, 2.24) is 4.90 Å². The third-order valence-corrected chi connectivity index (χ3v) is 7.14. The second-order valence-electron chi connectivity index (χ2n) is 8.59. The second-order valence-corrected chi connectivity index (χ2v) is 8.59. The standard InChI is InChI=1S/C24H25NO4/c26-22(27)24-12-6-5-7-16(24)13-25(15-24)23(28)29-14-21-19-10-3-1-8-17(19)18-9-2-4-11-20(18)21/h1-4,8-11,16,21H,5-7,12-15H2,(H,26,27)/t16-,24-/m0/s1. The van der Waals surface area contributed by atoms with Crippen molar-refractivity contribution in [3.05, 3.63) is 59.7 Å². The van der Waals surface area contributed by atoms with Crippen LogP contribution in [0.15, 0.2) is 48.5 Å². The van der Waals surface area contributed by atoms with E-state index < -0.39 is 11.4 Å². The van der Waals surface area contributed by atoms with Crippen molar-refractivity contribution in [3.8, 4) is 11.1 Å². The molecule has 2 fully saturated rings. The molecule has 0 aromatic heterocycles. The van der Waals surface area contributed by atoms with Gasteiger partial charge in [0.15, 0.2) is 0 Å². The maximum atomic E-state index is 12.8. The van der Waals surface area contributed by atoms with Gasteiger partial charge in [0.05, 0.1) is 5.41 Å². The van der Waals surface area contributed by atoms with E-state index in [4.69, 9.17) is 4.74 Å². The van der Waals surface area contributed by atoms with Gasteiger partial charge in [-0.05, 0) is 41.0 Å². The first-order valence-corrected chi connectivity index (χ1v) is 10.4. The summed E-state index contributed by atoms with van der Waals surface area (Å²) in [5.41, 5.74) is 3.96. The number of fused-ring (bicyclic) bond motifs is 4. The number of carboxylic acids is 1. The molecule has 3 aliphatic rings. The highest BCUT2D eigenvalue weighted by Gasteiger charge is 2.54. The van der Waals surface area contributed by atoms with Crippen LogP contribution in [-0.4, -0.2) is 41.8 Å². The van der Waals surface area contributed by atoms with Gasteiger partial charge < -0.3 is 14.7 Å². The van der Waals surface area contributed by atoms with Gasteiger partial charge >= 0.3 is 12.1 Å². The van der Waals surface area contributed by atoms with Gasteiger partial charge in [0.1, 0.15) is 6.61 Å². The third-order valence-electron chi connectivity index (χ3n) is 7.14. The molecule has 2 aliphatic carbocycles. The number of benzene rings is 2. The predicted molar refractivity (Wildman–Crippen MR) is 109 cm³/mol. The van der Waals surface area contributed by atoms with E-state index in [1.54, 1.807) is 4.90 Å². The fraction of sp³-hybridized carbons (Fsp3) is 0.417. The third kappa shape index (κ3) is 2.83. The first-order chi connectivity index (χ1) is 14.1. The highest BCUT2D eigenvalue weighted by Crippen LogP contribution is 2.48. The summed E-state index contributed by atoms with van der Waals surface area (Å²) >= 11 is 0. The zero-order chi connectivity index (χ0) is 20.0. The van der Waals surface area contributed by atoms with Crippen LogP contribution in [0, 0.1) is 11.3 Å². The van der Waals surface area contributed by atoms with Crippen molar-refractivity contribution in [2.75, 3.05) is 19.7 Å². The molecule has 1 heterocycles. The Morgan fingerprint density at radius 1 is 1.03 bits per heavy atom. The lowest BCUT2D eigenvalue weighted by Crippen LogP contribution is -2.41. The summed E-state index contributed by atoms with van der Waals surface area (Å²) in [7, 11) is 0. The van der Waals surface area contributed by atoms with Crippen molar-refractivity contribution in [3.63, 3.8) is 0 Å². The molecule has 0 bridgehead atoms. The first kappa shape index (κ1) is 18.2. The lowest BCUT2D eigenvalue weighted by atomic mass is 9.68. The van der Waals surface area contributed by atoms with Crippen molar-refractivity contribution in [2.45, 2.75) is 31.6 Å². The quantitative estimate of drug-likeness (QED) is 0.836. The Balaban J connectivity index is 1.32. The van der Waals surface area contributed by atoms with E-state index in [1.165, 1.54) is 22.3 Å². The van der Waals surface area contributed by atoms with E-state index in [9.17, 15) is 14.7 Å². The average Bonchev–Trinajstić information content (AvgIpc) is 3.30. The van der Waals surface area contributed by atoms with Crippen LogP contribution in [0.5, 0.6) is 0 Å². The number of carbonyl (C=O) groups is 2. The van der Waals surface area contributed by atoms with Gasteiger partial charge in [0.2, 0.25) is 0 Å². The minimum absolute atomic E-state index is 0.0182. The number of ether oxygens (including phenoxy) is 1. The topological polar surface area (TPSA) is 66.8 Å². The molecular weight excluding hydrogens is 366 g/mol. The normalized spacial score (nSPS) is 25.2. The summed E-state index contributed by atoms with van der Waals surface area (Å²) in [6, 6.07) is 16.5. The monoisotopic (exact) mass is 391 g/mol. The van der Waals surface area contributed by atoms with Crippen LogP contribution in [0.3, 0.4) is 0 Å². The smallest absolute Gasteiger partial charge is 0.409 e. The molecule has 2 aromatic rings. The highest BCUT2D eigenvalue weighted by molar-refractivity contribution is 5.80. The summed E-state index contributed by atoms with van der Waals surface area (Å²) in [5, 5.41) is 9.84. The van der Waals surface area contributed by atoms with E-state index in [2.05, 4.69) is 24.3 Å². The molecule has 29 heavy (non-hydrogen) atoms. The minimum atomic E-state index is -0.788. The minimum Gasteiger partial charge on any atom is -0.481 e. The van der Waals surface area contributed by atoms with Gasteiger partial charge in [0.25, 0.3) is 0 Å². The number of hydrogen-bond donors (Lipinski definition) is 1. The highest BCUT2D eigenvalue weighted by atomic mass is 16.6. The van der Waals surface area contributed by atoms with Gasteiger partial charge in [-0.3, -0.25) is 4.79 Å². The molecule has 2 atom stereocenters. The Morgan fingerprint density at radius 3 is 2.31 bits per heavy atom. The number of hydrogen-bond acceptors (Lipinski definition) is 3. The molecule has 5 rings (SSSR count). The maximum absolute atomic E-state index is 12.8. The van der Waals surface area contributed by atoms with Gasteiger partial charge in [0, 0.05) is 19.0 Å². The van der Waals surface area contributed by atoms with Gasteiger partial charge in [-0.2, -0.15) is 0 Å². The summed E-state index contributed by atoms with van der Waals surface area (Å²) < 4.78 is 5.75. The van der Waals surface area contributed by atoms with Crippen molar-refractivity contribution >= 4 is 12.1 Å². The Bertz CT molecular complexity index is 925. The van der Waals surface area contributed by atoms with Crippen molar-refractivity contribution in [1.29, 1.82) is 0 Å². The molecule has 1 amide bonds. The van der Waals surface area contributed by atoms with Crippen LogP contribution in [0.4, 0.5) is 4.79 Å². The molecule has 150 valence electrons. The first-order valence-electron chi connectivity index (χ1n) is 10.4. The fourth-order valence-electron chi connectivity index (χ4n) is 5.63. The zero-order valence-corrected chi connectivity index (χ0v) is 16.3. The van der Waals surface area contributed by atoms with Gasteiger partial charge in [-0.25, -0.2) is 4.79 Å². The maximum Gasteiger partial charge on any atom is 0.409 e. The molecular formula is C24H25NO4. The second kappa shape index (κ2) is 6.90. The zero-order valence-electron chi connectivity index (χ0n) is 16.3. The molecule has 0 radical (unpaired) electrons. The van der Waals surface area contributed by atoms with Crippen LogP contribution in [-0.2, 0) is 9.53 Å². The summed E-state index contributed by atoms with van der Waals surface area (Å²) in [6.45, 7) is 1.03. The van der Waals surface area contributed by atoms with Crippen LogP contribution in [0.2, 0.25) is 0 Å². The fourth-order valence-corrected chi connectivity index (χ4v) is 5.63. The Morgan fingerprint density at radius 2 is 1.69 bits per heavy atom. The lowest BCUT2D eigenvalue weighted by molar-refractivity contribution is -0.152. The van der Waals surface area contributed by atoms with Crippen LogP contribution in [0.1, 0.15) is 42.7 Å². The Kier molecular flexibility index (Phi) is 4.34. The number of carboxylic acid groups (broad SMARTS) is 1. The predicted octanol–water partition coefficient (Wildman–Crippen LogP) is 4.51. The molecule has 1 saturated heterocycles. The number of nitrogens with zero attached hydrogens (tertiary/aromatic N) is 1. The SMILES string of the molecule is O=C(OCC1c2ccccc2-c2ccccc21)N1C[C@@H]2CCCC[C@]2(C(=O)O)C1. The lowest BCUT2D eigenvalue weighted by Gasteiger charge is -2.33. The van der Waals surface area contributed by atoms with Crippen molar-refractivity contribution < 1.29 is 19.4 Å². The van der Waals surface area contributed by atoms with Crippen molar-refractivity contribution in [2.24, 2.45) is 11.3 Å². The Labute approximate surface area is 170 Å². The molecule has 2 aromatic carbocycles. The molecule has 0 spiro atoms. The van der Waals surface area contributed by atoms with Crippen LogP contribution < -0.4 is 0 Å². The number of aliphatic carboxylic acids is 1. The van der Waals surface area contributed by atoms with E-state index in [1.807, 2.05) is 24.3 Å². The number of rotatable bonds is 3. The molecule has 1 aliphatic heterocycles. The van der Waals surface area contributed by atoms with E-state index >= 15 is 0 Å². The molecule has 5 nitrogen and oxygen atoms in total. The van der Waals surface area contributed by atoms with E-state index in [0.717, 1.165) is 19.3 Å². The van der Waals surface area contributed by atoms with Gasteiger partial charge in [-0.15, -0.1) is 0 Å². The van der Waals surface area contributed by atoms with Crippen LogP contribution >= 0.6 is 0 Å². The molecule has 5 heteroatoms. The summed E-state index contributed by atoms with van der Waals surface area (Å²) in [4.78, 5) is 26.5. The molecule has 1 N–H and O–H groups in total.